The number of aromatic nitrogens is 1. The molecule has 1 aliphatic rings. The molecular weight excluding hydrogens is 322 g/mol. The van der Waals surface area contributed by atoms with Gasteiger partial charge in [-0.2, -0.15) is 0 Å². The van der Waals surface area contributed by atoms with E-state index in [2.05, 4.69) is 69.4 Å². The maximum atomic E-state index is 5.50. The van der Waals surface area contributed by atoms with E-state index >= 15 is 0 Å². The minimum atomic E-state index is 0.713. The summed E-state index contributed by atoms with van der Waals surface area (Å²) >= 11 is 0. The zero-order valence-corrected chi connectivity index (χ0v) is 15.5. The Balaban J connectivity index is 1.53. The van der Waals surface area contributed by atoms with Crippen molar-refractivity contribution in [3.8, 4) is 5.88 Å². The summed E-state index contributed by atoms with van der Waals surface area (Å²) < 4.78 is 5.50. The van der Waals surface area contributed by atoms with Gasteiger partial charge in [0.1, 0.15) is 0 Å². The van der Waals surface area contributed by atoms with Crippen molar-refractivity contribution in [1.29, 1.82) is 0 Å². The van der Waals surface area contributed by atoms with Crippen molar-refractivity contribution < 1.29 is 4.74 Å². The zero-order valence-electron chi connectivity index (χ0n) is 15.5. The summed E-state index contributed by atoms with van der Waals surface area (Å²) in [6.45, 7) is 7.28. The third-order valence-electron chi connectivity index (χ3n) is 5.10. The van der Waals surface area contributed by atoms with Gasteiger partial charge in [0.05, 0.1) is 7.11 Å². The number of benzene rings is 2. The number of ether oxygens (including phenoxy) is 1. The number of piperazine rings is 1. The van der Waals surface area contributed by atoms with Crippen LogP contribution in [-0.4, -0.2) is 43.2 Å². The SMILES string of the molecule is COc1nc(C)cc2c(N3CCN(Cc4ccccc4)CC3)cccc12. The van der Waals surface area contributed by atoms with Gasteiger partial charge in [0, 0.05) is 54.9 Å². The predicted octanol–water partition coefficient (Wildman–Crippen LogP) is 3.87. The van der Waals surface area contributed by atoms with Gasteiger partial charge in [0.25, 0.3) is 0 Å². The van der Waals surface area contributed by atoms with Crippen molar-refractivity contribution >= 4 is 16.5 Å². The highest BCUT2D eigenvalue weighted by atomic mass is 16.5. The Hall–Kier alpha value is -2.59. The van der Waals surface area contributed by atoms with Gasteiger partial charge < -0.3 is 9.64 Å². The van der Waals surface area contributed by atoms with Crippen LogP contribution < -0.4 is 9.64 Å². The van der Waals surface area contributed by atoms with Crippen LogP contribution in [0.15, 0.2) is 54.6 Å². The molecule has 2 aromatic carbocycles. The highest BCUT2D eigenvalue weighted by Gasteiger charge is 2.19. The number of aryl methyl sites for hydroxylation is 1. The fraction of sp³-hybridized carbons (Fsp3) is 0.318. The lowest BCUT2D eigenvalue weighted by atomic mass is 10.1. The highest BCUT2D eigenvalue weighted by Crippen LogP contribution is 2.32. The van der Waals surface area contributed by atoms with Crippen LogP contribution in [0.3, 0.4) is 0 Å². The second kappa shape index (κ2) is 7.34. The van der Waals surface area contributed by atoms with Gasteiger partial charge in [-0.25, -0.2) is 4.98 Å². The molecule has 0 radical (unpaired) electrons. The Bertz CT molecular complexity index is 887. The van der Waals surface area contributed by atoms with E-state index in [9.17, 15) is 0 Å². The van der Waals surface area contributed by atoms with E-state index in [0.717, 1.165) is 43.8 Å². The van der Waals surface area contributed by atoms with Crippen molar-refractivity contribution in [2.45, 2.75) is 13.5 Å². The maximum Gasteiger partial charge on any atom is 0.221 e. The molecule has 134 valence electrons. The first kappa shape index (κ1) is 16.9. The second-order valence-corrected chi connectivity index (χ2v) is 6.89. The van der Waals surface area contributed by atoms with E-state index in [1.807, 2.05) is 6.92 Å². The molecule has 4 heteroatoms. The number of fused-ring (bicyclic) bond motifs is 1. The summed E-state index contributed by atoms with van der Waals surface area (Å²) in [4.78, 5) is 9.54. The predicted molar refractivity (Wildman–Crippen MR) is 107 cm³/mol. The quantitative estimate of drug-likeness (QED) is 0.716. The van der Waals surface area contributed by atoms with Crippen LogP contribution in [0.4, 0.5) is 5.69 Å². The van der Waals surface area contributed by atoms with E-state index in [4.69, 9.17) is 4.74 Å². The normalized spacial score (nSPS) is 15.4. The largest absolute Gasteiger partial charge is 0.481 e. The van der Waals surface area contributed by atoms with Crippen molar-refractivity contribution in [2.75, 3.05) is 38.2 Å². The van der Waals surface area contributed by atoms with Gasteiger partial charge in [-0.15, -0.1) is 0 Å². The summed E-state index contributed by atoms with van der Waals surface area (Å²) in [5, 5.41) is 2.32. The summed E-state index contributed by atoms with van der Waals surface area (Å²) in [5.74, 6) is 0.713. The Morgan fingerprint density at radius 1 is 0.923 bits per heavy atom. The van der Waals surface area contributed by atoms with Crippen molar-refractivity contribution in [1.82, 2.24) is 9.88 Å². The molecule has 0 unspecified atom stereocenters. The number of pyridine rings is 1. The molecule has 3 aromatic rings. The minimum absolute atomic E-state index is 0.713. The summed E-state index contributed by atoms with van der Waals surface area (Å²) in [5.41, 5.74) is 3.66. The number of hydrogen-bond acceptors (Lipinski definition) is 4. The molecule has 1 saturated heterocycles. The second-order valence-electron chi connectivity index (χ2n) is 6.89. The van der Waals surface area contributed by atoms with Crippen molar-refractivity contribution in [3.05, 3.63) is 65.9 Å². The van der Waals surface area contributed by atoms with Gasteiger partial charge >= 0.3 is 0 Å². The molecule has 0 N–H and O–H groups in total. The summed E-state index contributed by atoms with van der Waals surface area (Å²) in [6.07, 6.45) is 0. The molecular formula is C22H25N3O. The van der Waals surface area contributed by atoms with Gasteiger partial charge in [-0.3, -0.25) is 4.90 Å². The molecule has 4 nitrogen and oxygen atoms in total. The lowest BCUT2D eigenvalue weighted by Crippen LogP contribution is -2.46. The first-order valence-electron chi connectivity index (χ1n) is 9.20. The number of rotatable bonds is 4. The monoisotopic (exact) mass is 347 g/mol. The van der Waals surface area contributed by atoms with Gasteiger partial charge in [-0.05, 0) is 30.7 Å². The van der Waals surface area contributed by atoms with Gasteiger partial charge in [0.2, 0.25) is 5.88 Å². The van der Waals surface area contributed by atoms with Crippen LogP contribution in [0.25, 0.3) is 10.8 Å². The van der Waals surface area contributed by atoms with Crippen LogP contribution in [0.1, 0.15) is 11.3 Å². The fourth-order valence-corrected chi connectivity index (χ4v) is 3.77. The molecule has 0 spiro atoms. The Morgan fingerprint density at radius 2 is 1.69 bits per heavy atom. The van der Waals surface area contributed by atoms with Crippen molar-refractivity contribution in [2.24, 2.45) is 0 Å². The van der Waals surface area contributed by atoms with Crippen LogP contribution in [-0.2, 0) is 6.54 Å². The topological polar surface area (TPSA) is 28.6 Å². The average molecular weight is 347 g/mol. The smallest absolute Gasteiger partial charge is 0.221 e. The van der Waals surface area contributed by atoms with Gasteiger partial charge in [-0.1, -0.05) is 36.4 Å². The van der Waals surface area contributed by atoms with E-state index in [1.54, 1.807) is 7.11 Å². The molecule has 1 fully saturated rings. The first-order valence-corrected chi connectivity index (χ1v) is 9.20. The van der Waals surface area contributed by atoms with E-state index in [-0.39, 0.29) is 0 Å². The molecule has 0 aliphatic carbocycles. The molecule has 4 rings (SSSR count). The highest BCUT2D eigenvalue weighted by molar-refractivity contribution is 5.97. The lowest BCUT2D eigenvalue weighted by Gasteiger charge is -2.36. The zero-order chi connectivity index (χ0) is 17.9. The van der Waals surface area contributed by atoms with E-state index in [1.165, 1.54) is 16.6 Å². The fourth-order valence-electron chi connectivity index (χ4n) is 3.77. The number of methoxy groups -OCH3 is 1. The average Bonchev–Trinajstić information content (AvgIpc) is 2.68. The Labute approximate surface area is 155 Å². The number of hydrogen-bond donors (Lipinski definition) is 0. The third-order valence-corrected chi connectivity index (χ3v) is 5.10. The number of anilines is 1. The Kier molecular flexibility index (Phi) is 4.76. The molecule has 0 bridgehead atoms. The van der Waals surface area contributed by atoms with E-state index in [0.29, 0.717) is 5.88 Å². The molecule has 2 heterocycles. The first-order chi connectivity index (χ1) is 12.7. The molecule has 0 amide bonds. The molecule has 26 heavy (non-hydrogen) atoms. The van der Waals surface area contributed by atoms with Gasteiger partial charge in [0.15, 0.2) is 0 Å². The molecule has 0 saturated carbocycles. The molecule has 1 aromatic heterocycles. The van der Waals surface area contributed by atoms with Crippen molar-refractivity contribution in [3.63, 3.8) is 0 Å². The third kappa shape index (κ3) is 3.37. The number of nitrogens with zero attached hydrogens (tertiary/aromatic N) is 3. The molecule has 1 aliphatic heterocycles. The van der Waals surface area contributed by atoms with Crippen LogP contribution in [0.5, 0.6) is 5.88 Å². The summed E-state index contributed by atoms with van der Waals surface area (Å²) in [6, 6.07) is 19.3. The molecule has 0 atom stereocenters. The minimum Gasteiger partial charge on any atom is -0.481 e. The lowest BCUT2D eigenvalue weighted by molar-refractivity contribution is 0.250. The summed E-state index contributed by atoms with van der Waals surface area (Å²) in [7, 11) is 1.69. The Morgan fingerprint density at radius 3 is 2.42 bits per heavy atom. The van der Waals surface area contributed by atoms with Crippen LogP contribution in [0, 0.1) is 6.92 Å². The standard InChI is InChI=1S/C22H25N3O/c1-17-15-20-19(22(23-17)26-2)9-6-10-21(20)25-13-11-24(12-14-25)16-18-7-4-3-5-8-18/h3-10,15H,11-14,16H2,1-2H3. The van der Waals surface area contributed by atoms with E-state index < -0.39 is 0 Å². The maximum absolute atomic E-state index is 5.50. The van der Waals surface area contributed by atoms with Crippen LogP contribution >= 0.6 is 0 Å². The van der Waals surface area contributed by atoms with Crippen LogP contribution in [0.2, 0.25) is 0 Å².